The predicted octanol–water partition coefficient (Wildman–Crippen LogP) is 3.77. The second-order valence-corrected chi connectivity index (χ2v) is 4.13. The summed E-state index contributed by atoms with van der Waals surface area (Å²) in [7, 11) is 0. The first-order valence-electron chi connectivity index (χ1n) is 5.46. The topological polar surface area (TPSA) is 38.0 Å². The molecule has 0 saturated heterocycles. The highest BCUT2D eigenvalue weighted by Gasteiger charge is 2.05. The Bertz CT molecular complexity index is 530. The Balaban J connectivity index is 2.35. The molecule has 0 bridgehead atoms. The number of halogens is 1. The van der Waals surface area contributed by atoms with Crippen LogP contribution in [0.5, 0.6) is 0 Å². The summed E-state index contributed by atoms with van der Waals surface area (Å²) in [5, 5.41) is 3.05. The van der Waals surface area contributed by atoms with Crippen LogP contribution < -0.4 is 11.1 Å². The van der Waals surface area contributed by atoms with E-state index >= 15 is 0 Å². The lowest BCUT2D eigenvalue weighted by Gasteiger charge is -2.11. The molecule has 0 saturated carbocycles. The first kappa shape index (κ1) is 11.5. The number of benzene rings is 2. The summed E-state index contributed by atoms with van der Waals surface area (Å²) in [5.41, 5.74) is 9.68. The molecule has 0 aliphatic heterocycles. The van der Waals surface area contributed by atoms with E-state index in [1.807, 2.05) is 32.0 Å². The second kappa shape index (κ2) is 4.45. The van der Waals surface area contributed by atoms with E-state index in [9.17, 15) is 4.39 Å². The predicted molar refractivity (Wildman–Crippen MR) is 70.0 cm³/mol. The highest BCUT2D eigenvalue weighted by Crippen LogP contribution is 2.25. The molecular formula is C14H15FN2. The van der Waals surface area contributed by atoms with Crippen molar-refractivity contribution in [1.82, 2.24) is 0 Å². The van der Waals surface area contributed by atoms with Crippen LogP contribution >= 0.6 is 0 Å². The van der Waals surface area contributed by atoms with Crippen molar-refractivity contribution in [2.75, 3.05) is 11.1 Å². The van der Waals surface area contributed by atoms with Crippen molar-refractivity contribution in [2.24, 2.45) is 0 Å². The van der Waals surface area contributed by atoms with E-state index in [1.54, 1.807) is 12.1 Å². The van der Waals surface area contributed by atoms with Crippen LogP contribution in [0.25, 0.3) is 0 Å². The smallest absolute Gasteiger partial charge is 0.146 e. The zero-order valence-corrected chi connectivity index (χ0v) is 9.92. The lowest BCUT2D eigenvalue weighted by Crippen LogP contribution is -1.98. The molecule has 0 atom stereocenters. The van der Waals surface area contributed by atoms with Crippen LogP contribution in [0.4, 0.5) is 21.5 Å². The van der Waals surface area contributed by atoms with Gasteiger partial charge in [0.25, 0.3) is 0 Å². The summed E-state index contributed by atoms with van der Waals surface area (Å²) in [6, 6.07) is 10.6. The normalized spacial score (nSPS) is 10.3. The Morgan fingerprint density at radius 1 is 1.06 bits per heavy atom. The van der Waals surface area contributed by atoms with Crippen molar-refractivity contribution in [3.63, 3.8) is 0 Å². The molecule has 3 N–H and O–H groups in total. The Hall–Kier alpha value is -2.03. The number of hydrogen-bond acceptors (Lipinski definition) is 2. The molecule has 0 aliphatic rings. The molecule has 2 aromatic rings. The van der Waals surface area contributed by atoms with Gasteiger partial charge in [-0.3, -0.25) is 0 Å². The van der Waals surface area contributed by atoms with Gasteiger partial charge in [-0.2, -0.15) is 0 Å². The van der Waals surface area contributed by atoms with E-state index in [-0.39, 0.29) is 5.82 Å². The van der Waals surface area contributed by atoms with Gasteiger partial charge in [0.2, 0.25) is 0 Å². The van der Waals surface area contributed by atoms with Gasteiger partial charge in [0, 0.05) is 11.4 Å². The van der Waals surface area contributed by atoms with E-state index in [1.165, 1.54) is 6.07 Å². The third-order valence-electron chi connectivity index (χ3n) is 2.77. The van der Waals surface area contributed by atoms with Crippen molar-refractivity contribution >= 4 is 17.1 Å². The molecule has 0 aliphatic carbocycles. The standard InChI is InChI=1S/C14H15FN2/c1-9-6-7-11(8-13(9)16)17-14-10(2)4-3-5-12(14)15/h3-8,17H,16H2,1-2H3. The van der Waals surface area contributed by atoms with Crippen molar-refractivity contribution < 1.29 is 4.39 Å². The molecule has 0 fully saturated rings. The number of nitrogens with two attached hydrogens (primary N) is 1. The lowest BCUT2D eigenvalue weighted by atomic mass is 10.1. The number of anilines is 3. The van der Waals surface area contributed by atoms with E-state index in [2.05, 4.69) is 5.32 Å². The van der Waals surface area contributed by atoms with Crippen LogP contribution in [0.1, 0.15) is 11.1 Å². The van der Waals surface area contributed by atoms with Crippen molar-refractivity contribution in [3.8, 4) is 0 Å². The zero-order valence-electron chi connectivity index (χ0n) is 9.92. The summed E-state index contributed by atoms with van der Waals surface area (Å²) in [5.74, 6) is -0.260. The van der Waals surface area contributed by atoms with Crippen LogP contribution in [-0.2, 0) is 0 Å². The molecule has 2 rings (SSSR count). The Morgan fingerprint density at radius 2 is 1.82 bits per heavy atom. The highest BCUT2D eigenvalue weighted by atomic mass is 19.1. The maximum Gasteiger partial charge on any atom is 0.146 e. The summed E-state index contributed by atoms with van der Waals surface area (Å²) in [6.45, 7) is 3.80. The average Bonchev–Trinajstić information content (AvgIpc) is 2.28. The average molecular weight is 230 g/mol. The minimum absolute atomic E-state index is 0.260. The molecule has 3 heteroatoms. The molecule has 2 nitrogen and oxygen atoms in total. The van der Waals surface area contributed by atoms with E-state index in [4.69, 9.17) is 5.73 Å². The number of rotatable bonds is 2. The van der Waals surface area contributed by atoms with Crippen molar-refractivity contribution in [1.29, 1.82) is 0 Å². The fourth-order valence-corrected chi connectivity index (χ4v) is 1.65. The maximum absolute atomic E-state index is 13.6. The summed E-state index contributed by atoms with van der Waals surface area (Å²) in [4.78, 5) is 0. The van der Waals surface area contributed by atoms with E-state index in [0.29, 0.717) is 11.4 Å². The lowest BCUT2D eigenvalue weighted by molar-refractivity contribution is 0.631. The fraction of sp³-hybridized carbons (Fsp3) is 0.143. The molecule has 0 heterocycles. The van der Waals surface area contributed by atoms with Crippen molar-refractivity contribution in [2.45, 2.75) is 13.8 Å². The third kappa shape index (κ3) is 2.38. The molecule has 0 spiro atoms. The van der Waals surface area contributed by atoms with E-state index in [0.717, 1.165) is 16.8 Å². The molecule has 17 heavy (non-hydrogen) atoms. The summed E-state index contributed by atoms with van der Waals surface area (Å²) >= 11 is 0. The molecule has 2 aromatic carbocycles. The zero-order chi connectivity index (χ0) is 12.4. The van der Waals surface area contributed by atoms with Crippen LogP contribution in [0.2, 0.25) is 0 Å². The fourth-order valence-electron chi connectivity index (χ4n) is 1.65. The van der Waals surface area contributed by atoms with Gasteiger partial charge in [-0.1, -0.05) is 18.2 Å². The summed E-state index contributed by atoms with van der Waals surface area (Å²) < 4.78 is 13.6. The van der Waals surface area contributed by atoms with Gasteiger partial charge >= 0.3 is 0 Å². The largest absolute Gasteiger partial charge is 0.398 e. The first-order valence-corrected chi connectivity index (χ1v) is 5.46. The number of aryl methyl sites for hydroxylation is 2. The van der Waals surface area contributed by atoms with E-state index < -0.39 is 0 Å². The number of nitrogens with one attached hydrogen (secondary N) is 1. The monoisotopic (exact) mass is 230 g/mol. The van der Waals surface area contributed by atoms with Gasteiger partial charge in [0.15, 0.2) is 0 Å². The maximum atomic E-state index is 13.6. The van der Waals surface area contributed by atoms with Crippen LogP contribution in [0.15, 0.2) is 36.4 Å². The van der Waals surface area contributed by atoms with Crippen LogP contribution in [0, 0.1) is 19.7 Å². The molecular weight excluding hydrogens is 215 g/mol. The summed E-state index contributed by atoms with van der Waals surface area (Å²) in [6.07, 6.45) is 0. The molecule has 88 valence electrons. The molecule has 0 aromatic heterocycles. The number of hydrogen-bond donors (Lipinski definition) is 2. The van der Waals surface area contributed by atoms with Crippen molar-refractivity contribution in [3.05, 3.63) is 53.3 Å². The number of para-hydroxylation sites is 1. The minimum Gasteiger partial charge on any atom is -0.398 e. The van der Waals surface area contributed by atoms with Crippen LogP contribution in [0.3, 0.4) is 0 Å². The van der Waals surface area contributed by atoms with Gasteiger partial charge in [0.1, 0.15) is 5.82 Å². The van der Waals surface area contributed by atoms with Crippen LogP contribution in [-0.4, -0.2) is 0 Å². The van der Waals surface area contributed by atoms with Gasteiger partial charge in [-0.25, -0.2) is 4.39 Å². The van der Waals surface area contributed by atoms with Gasteiger partial charge < -0.3 is 11.1 Å². The quantitative estimate of drug-likeness (QED) is 0.771. The molecule has 0 unspecified atom stereocenters. The third-order valence-corrected chi connectivity index (χ3v) is 2.77. The first-order chi connectivity index (χ1) is 8.08. The van der Waals surface area contributed by atoms with Gasteiger partial charge in [-0.05, 0) is 43.2 Å². The Kier molecular flexibility index (Phi) is 3.00. The highest BCUT2D eigenvalue weighted by molar-refractivity contribution is 5.67. The van der Waals surface area contributed by atoms with Gasteiger partial charge in [0.05, 0.1) is 5.69 Å². The Labute approximate surface area is 100 Å². The number of nitrogen functional groups attached to an aromatic ring is 1. The minimum atomic E-state index is -0.260. The van der Waals surface area contributed by atoms with Gasteiger partial charge in [-0.15, -0.1) is 0 Å². The SMILES string of the molecule is Cc1ccc(Nc2c(C)cccc2F)cc1N. The molecule has 0 amide bonds. The second-order valence-electron chi connectivity index (χ2n) is 4.13. The Morgan fingerprint density at radius 3 is 2.47 bits per heavy atom. The molecule has 0 radical (unpaired) electrons.